The van der Waals surface area contributed by atoms with Gasteiger partial charge in [-0.3, -0.25) is 62.2 Å². The minimum atomic E-state index is -1.30. The molecule has 5 saturated heterocycles. The third kappa shape index (κ3) is 37.3. The van der Waals surface area contributed by atoms with E-state index in [9.17, 15) is 89.1 Å². The molecule has 0 spiro atoms. The van der Waals surface area contributed by atoms with Crippen LogP contribution in [0, 0.1) is 4.77 Å². The maximum absolute atomic E-state index is 12.4. The molecule has 5 aliphatic heterocycles. The maximum atomic E-state index is 12.4. The lowest BCUT2D eigenvalue weighted by atomic mass is 10.0. The lowest BCUT2D eigenvalue weighted by Crippen LogP contribution is -2.40. The first-order valence-corrected chi connectivity index (χ1v) is 59.3. The lowest BCUT2D eigenvalue weighted by molar-refractivity contribution is -0.0542. The second kappa shape index (κ2) is 54.7. The average Bonchev–Trinajstić information content (AvgIpc) is 1.64. The van der Waals surface area contributed by atoms with Gasteiger partial charge in [-0.15, -0.1) is 65.9 Å². The first kappa shape index (κ1) is 125. The standard InChI is InChI=1S/C20H34N3O5P.C19H32N3O5P.C19H32N3O4PS.2C15H25N2O5P.4CH4/c1-13(2)7-9-21-11-14-12-23(20(26)22-18(14)25)19-17(27-3)16(24)15(28-19)8-10-29(4,5)6;1-12(2)6-8-20-10-13-11-22(19(26)21-17(13)25)18-16(24)15(23)14(27-18)7-9-28(3,4)5;1-12(2)6-8-20-10-13-11-22(19(28)21-17(13)25)18-16(24)15(23)14(26-18)7-9-27(3,4)5;1-16-8-9(14(20)17(2)15(16)21)13-12(19)11(18)10(22-13)6-7-23(3,4)5;1-5-17-8-9(14(20)16-15(17)21)13-12(19)11(18)10(22-13)6-7-23(2,3)4;;;;/h7,12,15-17,19,21,24H,4,8-11H2,1-3,5-6H3,(H,22,25,26);6,11,14-16,18,20,23-24H,3,7-10H2,1-2,4-5H3,(H,21,25,26);6,11,14-16,18,20,23-24H,3,7-10H2,1-2,4-5H3,(H,21,25,28);8,10-13,18-19H,3,6-7H2,1-2,4-5H3;8,10-13,18-19H,2,5-7H2,1,3-4H3,(H,16,20,21);4*1H4/t15-,16-,17-,19-;2*14-,15-,16?,18-;2*10-,11-,12?,13+;;;;/m11111..../s1. The first-order valence-electron chi connectivity index (χ1n) is 43.6. The van der Waals surface area contributed by atoms with Gasteiger partial charge in [0.05, 0.1) is 41.6 Å². The van der Waals surface area contributed by atoms with Crippen LogP contribution in [0.5, 0.6) is 0 Å². The quantitative estimate of drug-likeness (QED) is 0.0115. The fourth-order valence-corrected chi connectivity index (χ4v) is 19.7. The second-order valence-corrected chi connectivity index (χ2v) is 60.4. The van der Waals surface area contributed by atoms with Crippen molar-refractivity contribution in [3.05, 3.63) is 192 Å². The summed E-state index contributed by atoms with van der Waals surface area (Å²) in [6, 6.07) is 0. The van der Waals surface area contributed by atoms with E-state index in [-0.39, 0.29) is 57.7 Å². The molecule has 20 atom stereocenters. The molecule has 0 amide bonds. The highest BCUT2D eigenvalue weighted by Crippen LogP contribution is 2.45. The van der Waals surface area contributed by atoms with Crippen LogP contribution in [0.1, 0.15) is 169 Å². The molecular weight excluding hydrogens is 1860 g/mol. The normalized spacial score (nSPS) is 25.3. The van der Waals surface area contributed by atoms with E-state index in [0.29, 0.717) is 88.1 Å². The summed E-state index contributed by atoms with van der Waals surface area (Å²) in [7, 11) is 4.37. The Bertz CT molecular complexity index is 5530. The van der Waals surface area contributed by atoms with Crippen LogP contribution in [0.3, 0.4) is 0 Å². The van der Waals surface area contributed by atoms with Crippen LogP contribution in [-0.2, 0) is 68.7 Å². The predicted octanol–water partition coefficient (Wildman–Crippen LogP) is 4.66. The van der Waals surface area contributed by atoms with Crippen molar-refractivity contribution in [2.24, 2.45) is 14.1 Å². The lowest BCUT2D eigenvalue weighted by Gasteiger charge is -2.21. The van der Waals surface area contributed by atoms with Crippen molar-refractivity contribution in [1.82, 2.24) is 63.3 Å². The zero-order valence-electron chi connectivity index (χ0n) is 79.7. The molecule has 0 bridgehead atoms. The van der Waals surface area contributed by atoms with Gasteiger partial charge in [0, 0.05) is 115 Å². The average molecular weight is 2020 g/mol. The monoisotopic (exact) mass is 2020 g/mol. The molecule has 5 aromatic rings. The zero-order valence-corrected chi connectivity index (χ0v) is 85.0. The van der Waals surface area contributed by atoms with E-state index in [4.69, 9.17) is 40.6 Å². The number of nitrogens with one attached hydrogen (secondary N) is 7. The largest absolute Gasteiger partial charge is 0.388 e. The van der Waals surface area contributed by atoms with Crippen LogP contribution in [0.4, 0.5) is 0 Å². The van der Waals surface area contributed by atoms with E-state index in [2.05, 4.69) is 134 Å². The molecule has 5 fully saturated rings. The van der Waals surface area contributed by atoms with Gasteiger partial charge in [-0.25, -0.2) is 19.2 Å². The summed E-state index contributed by atoms with van der Waals surface area (Å²) in [4.78, 5) is 118. The second-order valence-electron chi connectivity index (χ2n) is 38.4. The van der Waals surface area contributed by atoms with E-state index in [1.54, 1.807) is 13.1 Å². The number of nitrogens with zero attached hydrogens (tertiary/aromatic N) is 6. The number of aryl methyl sites for hydroxylation is 2. The summed E-state index contributed by atoms with van der Waals surface area (Å²) in [5, 5.41) is 103. The van der Waals surface area contributed by atoms with Crippen molar-refractivity contribution < 1.29 is 74.4 Å². The van der Waals surface area contributed by atoms with E-state index in [1.807, 2.05) is 59.8 Å². The topological polar surface area (TPSA) is 520 Å². The molecule has 4 unspecified atom stereocenters. The number of rotatable bonds is 34. The van der Waals surface area contributed by atoms with Gasteiger partial charge >= 0.3 is 22.8 Å². The van der Waals surface area contributed by atoms with Gasteiger partial charge in [0.2, 0.25) is 0 Å². The van der Waals surface area contributed by atoms with Crippen molar-refractivity contribution in [3.63, 3.8) is 0 Å². The van der Waals surface area contributed by atoms with Crippen molar-refractivity contribution >= 4 is 78.1 Å². The molecule has 10 heterocycles. The van der Waals surface area contributed by atoms with Crippen molar-refractivity contribution in [3.8, 4) is 0 Å². The summed E-state index contributed by atoms with van der Waals surface area (Å²) in [5.74, 6) is 0. The number of H-pyrrole nitrogens is 4. The maximum Gasteiger partial charge on any atom is 0.330 e. The molecule has 0 saturated carbocycles. The summed E-state index contributed by atoms with van der Waals surface area (Å²) in [5.41, 5.74) is 0.535. The fourth-order valence-electron chi connectivity index (χ4n) is 14.7. The van der Waals surface area contributed by atoms with Crippen LogP contribution in [-0.4, -0.2) is 341 Å². The third-order valence-corrected chi connectivity index (χ3v) is 30.1. The highest BCUT2D eigenvalue weighted by Gasteiger charge is 2.49. The van der Waals surface area contributed by atoms with Crippen LogP contribution >= 0.6 is 46.6 Å². The summed E-state index contributed by atoms with van der Waals surface area (Å²) in [6.45, 7) is 31.5. The Hall–Kier alpha value is -6.18. The van der Waals surface area contributed by atoms with Gasteiger partial charge in [0.1, 0.15) is 73.2 Å². The summed E-state index contributed by atoms with van der Waals surface area (Å²) in [6.07, 6.45) is 23.3. The number of hydrogen-bond donors (Lipinski definition) is 16. The zero-order chi connectivity index (χ0) is 98.8. The molecular formula is C92H164N13O24P5S. The van der Waals surface area contributed by atoms with Crippen LogP contribution in [0.25, 0.3) is 0 Å². The van der Waals surface area contributed by atoms with Gasteiger partial charge in [-0.1, -0.05) is 64.7 Å². The molecule has 0 aromatic carbocycles. The summed E-state index contributed by atoms with van der Waals surface area (Å²) >= 11 is 5.26. The molecule has 10 rings (SSSR count). The molecule has 43 heteroatoms. The summed E-state index contributed by atoms with van der Waals surface area (Å²) < 4.78 is 42.4. The molecule has 5 aliphatic rings. The Morgan fingerprint density at radius 3 is 1.07 bits per heavy atom. The van der Waals surface area contributed by atoms with E-state index in [0.717, 1.165) is 45.5 Å². The van der Waals surface area contributed by atoms with Gasteiger partial charge < -0.3 is 99.5 Å². The van der Waals surface area contributed by atoms with Gasteiger partial charge in [-0.2, -0.15) is 0 Å². The highest BCUT2D eigenvalue weighted by molar-refractivity contribution is 7.73. The SMILES string of the molecule is C.C.C.C.C=P(C)(C)CC[C@H]1O[C@@H](c2cn(C)c(=O)n(C)c2=O)C(O)[C@@H]1O.C=P(C)(C)CC[C@H]1O[C@@H](c2cn(CC)c(=O)[nH]c2=O)C(O)[C@@H]1O.C=P(C)(C)CC[C@H]1O[C@@H](n2cc(CNCC=C(C)C)c(=O)[nH]c2=O)C(O)[C@@H]1O.C=P(C)(C)CC[C@H]1O[C@@H](n2cc(CNCC=C(C)C)c(=O)[nH]c2=O)[C@H](OC)[C@@H]1O.C=P(C)(C)CC[C@H]1O[C@@H](n2cc(CNCC=C(C)C)c(=O)[nH]c2=S)C(O)[C@@H]1O. The minimum Gasteiger partial charge on any atom is -0.388 e. The Kier molecular flexibility index (Phi) is 50.6. The van der Waals surface area contributed by atoms with Crippen LogP contribution in [0.15, 0.2) is 109 Å². The van der Waals surface area contributed by atoms with Crippen LogP contribution < -0.4 is 66.5 Å². The molecule has 16 N–H and O–H groups in total. The predicted molar refractivity (Wildman–Crippen MR) is 561 cm³/mol. The Balaban J connectivity index is 0.000000568. The number of aromatic nitrogens is 10. The number of aliphatic hydroxyl groups is 9. The highest BCUT2D eigenvalue weighted by atomic mass is 32.1. The first-order chi connectivity index (χ1) is 60.7. The number of aromatic amines is 4. The van der Waals surface area contributed by atoms with E-state index < -0.39 is 202 Å². The van der Waals surface area contributed by atoms with Crippen molar-refractivity contribution in [2.75, 3.05) is 124 Å². The smallest absolute Gasteiger partial charge is 0.330 e. The molecule has 0 aliphatic carbocycles. The molecule has 135 heavy (non-hydrogen) atoms. The van der Waals surface area contributed by atoms with Crippen molar-refractivity contribution in [2.45, 2.75) is 259 Å². The van der Waals surface area contributed by atoms with Crippen molar-refractivity contribution in [1.29, 1.82) is 0 Å². The third-order valence-electron chi connectivity index (χ3n) is 22.4. The molecule has 772 valence electrons. The number of allylic oxidation sites excluding steroid dienone is 3. The van der Waals surface area contributed by atoms with E-state index in [1.165, 1.54) is 75.4 Å². The number of hydrogen-bond acceptors (Lipinski definition) is 28. The molecule has 5 aromatic heterocycles. The molecule has 0 radical (unpaired) electrons. The Labute approximate surface area is 800 Å². The van der Waals surface area contributed by atoms with Gasteiger partial charge in [-0.05, 0) is 190 Å². The van der Waals surface area contributed by atoms with Gasteiger partial charge in [0.15, 0.2) is 23.5 Å². The van der Waals surface area contributed by atoms with Gasteiger partial charge in [0.25, 0.3) is 27.8 Å². The Morgan fingerprint density at radius 2 is 0.719 bits per heavy atom. The molecule has 37 nitrogen and oxygen atoms in total. The number of aliphatic hydroxyl groups excluding tert-OH is 9. The van der Waals surface area contributed by atoms with Crippen LogP contribution in [0.2, 0.25) is 0 Å². The fraction of sp³-hybridized carbons (Fsp3) is 0.663. The van der Waals surface area contributed by atoms with E-state index >= 15 is 0 Å². The number of methoxy groups -OCH3 is 1. The Morgan fingerprint density at radius 1 is 0.415 bits per heavy atom. The number of ether oxygens (including phenoxy) is 6. The minimum absolute atomic E-state index is 0.